The Balaban J connectivity index is 1.23. The first kappa shape index (κ1) is 20.5. The number of rotatable bonds is 9. The van der Waals surface area contributed by atoms with Crippen LogP contribution in [0.5, 0.6) is 17.4 Å². The molecule has 0 aliphatic heterocycles. The van der Waals surface area contributed by atoms with Crippen molar-refractivity contribution < 1.29 is 18.8 Å². The van der Waals surface area contributed by atoms with Crippen molar-refractivity contribution in [3.63, 3.8) is 0 Å². The molecule has 0 aliphatic rings. The minimum absolute atomic E-state index is 0.104. The second-order valence-corrected chi connectivity index (χ2v) is 7.50. The van der Waals surface area contributed by atoms with Crippen molar-refractivity contribution in [2.24, 2.45) is 0 Å². The molecule has 1 N–H and O–H groups in total. The minimum Gasteiger partial charge on any atom is -0.497 e. The van der Waals surface area contributed by atoms with E-state index in [9.17, 15) is 4.79 Å². The molecule has 0 saturated carbocycles. The fourth-order valence-corrected chi connectivity index (χ4v) is 3.38. The number of amides is 1. The second-order valence-electron chi connectivity index (χ2n) is 6.55. The standard InChI is InChI=1S/C22H20N4O4S/c1-28-16-4-2-5-17(12-16)29-20-9-7-15(14-24-20)13-23-19(27)8-10-21-25-22(26-30-21)18-6-3-11-31-18/h2-7,9,11-12,14H,8,10,13H2,1H3,(H,23,27). The summed E-state index contributed by atoms with van der Waals surface area (Å²) in [5, 5.41) is 8.76. The Labute approximate surface area is 182 Å². The van der Waals surface area contributed by atoms with E-state index >= 15 is 0 Å². The van der Waals surface area contributed by atoms with Crippen LogP contribution in [-0.4, -0.2) is 28.1 Å². The number of hydrogen-bond donors (Lipinski definition) is 1. The van der Waals surface area contributed by atoms with Crippen LogP contribution < -0.4 is 14.8 Å². The van der Waals surface area contributed by atoms with Crippen LogP contribution in [0.3, 0.4) is 0 Å². The lowest BCUT2D eigenvalue weighted by Gasteiger charge is -2.08. The first-order valence-electron chi connectivity index (χ1n) is 9.59. The number of nitrogens with zero attached hydrogens (tertiary/aromatic N) is 3. The normalized spacial score (nSPS) is 10.6. The molecule has 158 valence electrons. The topological polar surface area (TPSA) is 99.4 Å². The van der Waals surface area contributed by atoms with Gasteiger partial charge in [0.05, 0.1) is 12.0 Å². The SMILES string of the molecule is COc1cccc(Oc2ccc(CNC(=O)CCc3nc(-c4cccs4)no3)cn2)c1. The molecule has 1 aromatic carbocycles. The molecule has 3 aromatic heterocycles. The molecule has 1 amide bonds. The summed E-state index contributed by atoms with van der Waals surface area (Å²) >= 11 is 1.54. The molecule has 31 heavy (non-hydrogen) atoms. The van der Waals surface area contributed by atoms with Gasteiger partial charge in [-0.3, -0.25) is 4.79 Å². The first-order valence-corrected chi connectivity index (χ1v) is 10.5. The van der Waals surface area contributed by atoms with E-state index < -0.39 is 0 Å². The highest BCUT2D eigenvalue weighted by Gasteiger charge is 2.11. The van der Waals surface area contributed by atoms with Gasteiger partial charge in [0.1, 0.15) is 11.5 Å². The van der Waals surface area contributed by atoms with Crippen molar-refractivity contribution in [3.8, 4) is 28.1 Å². The smallest absolute Gasteiger partial charge is 0.227 e. The number of carbonyl (C=O) groups excluding carboxylic acids is 1. The summed E-state index contributed by atoms with van der Waals surface area (Å²) in [5.74, 6) is 2.69. The Hall–Kier alpha value is -3.72. The van der Waals surface area contributed by atoms with Gasteiger partial charge < -0.3 is 19.3 Å². The van der Waals surface area contributed by atoms with E-state index in [1.54, 1.807) is 25.4 Å². The molecular formula is C22H20N4O4S. The van der Waals surface area contributed by atoms with Gasteiger partial charge >= 0.3 is 0 Å². The number of ether oxygens (including phenoxy) is 2. The van der Waals surface area contributed by atoms with E-state index in [-0.39, 0.29) is 12.3 Å². The molecule has 3 heterocycles. The number of carbonyl (C=O) groups is 1. The summed E-state index contributed by atoms with van der Waals surface area (Å²) < 4.78 is 16.1. The molecule has 0 saturated heterocycles. The maximum Gasteiger partial charge on any atom is 0.227 e. The molecule has 0 atom stereocenters. The average molecular weight is 436 g/mol. The molecular weight excluding hydrogens is 416 g/mol. The minimum atomic E-state index is -0.104. The van der Waals surface area contributed by atoms with Gasteiger partial charge in [-0.25, -0.2) is 4.98 Å². The summed E-state index contributed by atoms with van der Waals surface area (Å²) in [6.07, 6.45) is 2.31. The Bertz CT molecular complexity index is 1130. The van der Waals surface area contributed by atoms with E-state index in [0.717, 1.165) is 10.4 Å². The third-order valence-corrected chi connectivity index (χ3v) is 5.19. The van der Waals surface area contributed by atoms with Crippen molar-refractivity contribution in [1.82, 2.24) is 20.4 Å². The van der Waals surface area contributed by atoms with E-state index in [2.05, 4.69) is 20.4 Å². The van der Waals surface area contributed by atoms with Gasteiger partial charge in [0.2, 0.25) is 23.5 Å². The van der Waals surface area contributed by atoms with Gasteiger partial charge in [0.25, 0.3) is 0 Å². The number of aryl methyl sites for hydroxylation is 1. The largest absolute Gasteiger partial charge is 0.497 e. The summed E-state index contributed by atoms with van der Waals surface area (Å²) in [5.41, 5.74) is 0.865. The van der Waals surface area contributed by atoms with Crippen molar-refractivity contribution >= 4 is 17.2 Å². The maximum atomic E-state index is 12.1. The van der Waals surface area contributed by atoms with Gasteiger partial charge in [-0.1, -0.05) is 23.4 Å². The van der Waals surface area contributed by atoms with Crippen LogP contribution in [0.25, 0.3) is 10.7 Å². The number of thiophene rings is 1. The van der Waals surface area contributed by atoms with Crippen molar-refractivity contribution in [1.29, 1.82) is 0 Å². The lowest BCUT2D eigenvalue weighted by molar-refractivity contribution is -0.121. The molecule has 0 aliphatic carbocycles. The summed E-state index contributed by atoms with van der Waals surface area (Å²) in [7, 11) is 1.60. The van der Waals surface area contributed by atoms with Gasteiger partial charge in [0, 0.05) is 37.7 Å². The maximum absolute atomic E-state index is 12.1. The van der Waals surface area contributed by atoms with Crippen LogP contribution in [0.15, 0.2) is 64.6 Å². The predicted molar refractivity (Wildman–Crippen MR) is 115 cm³/mol. The molecule has 0 spiro atoms. The highest BCUT2D eigenvalue weighted by Crippen LogP contribution is 2.24. The zero-order valence-corrected chi connectivity index (χ0v) is 17.6. The number of benzene rings is 1. The van der Waals surface area contributed by atoms with E-state index in [1.165, 1.54) is 11.3 Å². The molecule has 0 fully saturated rings. The Kier molecular flexibility index (Phi) is 6.53. The summed E-state index contributed by atoms with van der Waals surface area (Å²) in [6, 6.07) is 14.7. The van der Waals surface area contributed by atoms with Crippen LogP contribution >= 0.6 is 11.3 Å². The Morgan fingerprint density at radius 3 is 2.84 bits per heavy atom. The zero-order chi connectivity index (χ0) is 21.5. The number of aromatic nitrogens is 3. The van der Waals surface area contributed by atoms with Gasteiger partial charge in [0.15, 0.2) is 0 Å². The average Bonchev–Trinajstić information content (AvgIpc) is 3.49. The van der Waals surface area contributed by atoms with E-state index in [4.69, 9.17) is 14.0 Å². The molecule has 0 radical (unpaired) electrons. The van der Waals surface area contributed by atoms with Crippen LogP contribution in [0.4, 0.5) is 0 Å². The third kappa shape index (κ3) is 5.67. The highest BCUT2D eigenvalue weighted by molar-refractivity contribution is 7.13. The van der Waals surface area contributed by atoms with E-state index in [0.29, 0.717) is 42.1 Å². The molecule has 4 rings (SSSR count). The molecule has 0 bridgehead atoms. The fourth-order valence-electron chi connectivity index (χ4n) is 2.73. The fraction of sp³-hybridized carbons (Fsp3) is 0.182. The Morgan fingerprint density at radius 1 is 1.16 bits per heavy atom. The quantitative estimate of drug-likeness (QED) is 0.419. The second kappa shape index (κ2) is 9.86. The molecule has 8 nitrogen and oxygen atoms in total. The Morgan fingerprint density at radius 2 is 2.06 bits per heavy atom. The molecule has 0 unspecified atom stereocenters. The lowest BCUT2D eigenvalue weighted by Crippen LogP contribution is -2.23. The summed E-state index contributed by atoms with van der Waals surface area (Å²) in [6.45, 7) is 0.371. The lowest BCUT2D eigenvalue weighted by atomic mass is 10.2. The zero-order valence-electron chi connectivity index (χ0n) is 16.8. The van der Waals surface area contributed by atoms with Crippen LogP contribution in [0.2, 0.25) is 0 Å². The number of hydrogen-bond acceptors (Lipinski definition) is 8. The van der Waals surface area contributed by atoms with E-state index in [1.807, 2.05) is 41.8 Å². The highest BCUT2D eigenvalue weighted by atomic mass is 32.1. The monoisotopic (exact) mass is 436 g/mol. The summed E-state index contributed by atoms with van der Waals surface area (Å²) in [4.78, 5) is 21.7. The third-order valence-electron chi connectivity index (χ3n) is 4.33. The first-order chi connectivity index (χ1) is 15.2. The number of methoxy groups -OCH3 is 1. The predicted octanol–water partition coefficient (Wildman–Crippen LogP) is 4.24. The van der Waals surface area contributed by atoms with Crippen LogP contribution in [0, 0.1) is 0 Å². The molecule has 9 heteroatoms. The van der Waals surface area contributed by atoms with Gasteiger partial charge in [-0.15, -0.1) is 11.3 Å². The van der Waals surface area contributed by atoms with Gasteiger partial charge in [-0.05, 0) is 29.1 Å². The van der Waals surface area contributed by atoms with Crippen LogP contribution in [0.1, 0.15) is 17.9 Å². The van der Waals surface area contributed by atoms with Crippen molar-refractivity contribution in [3.05, 3.63) is 71.6 Å². The van der Waals surface area contributed by atoms with Crippen molar-refractivity contribution in [2.45, 2.75) is 19.4 Å². The van der Waals surface area contributed by atoms with Crippen LogP contribution in [-0.2, 0) is 17.8 Å². The van der Waals surface area contributed by atoms with Crippen molar-refractivity contribution in [2.75, 3.05) is 7.11 Å². The molecule has 4 aromatic rings. The number of pyridine rings is 1. The van der Waals surface area contributed by atoms with Gasteiger partial charge in [-0.2, -0.15) is 4.98 Å². The number of nitrogens with one attached hydrogen (secondary N) is 1.